The summed E-state index contributed by atoms with van der Waals surface area (Å²) in [5, 5.41) is 3.04. The lowest BCUT2D eigenvalue weighted by atomic mass is 9.94. The lowest BCUT2D eigenvalue weighted by Gasteiger charge is -2.41. The number of carbonyl (C=O) groups excluding carboxylic acids is 1. The van der Waals surface area contributed by atoms with Crippen LogP contribution in [-0.2, 0) is 17.8 Å². The molecular weight excluding hydrogens is 268 g/mol. The molecule has 1 aromatic rings. The fourth-order valence-electron chi connectivity index (χ4n) is 2.62. The SMILES string of the molecule is CSCC(=O)NCC(C)(C)N1CCc2ccccc2C1. The third kappa shape index (κ3) is 3.76. The molecule has 1 aliphatic heterocycles. The van der Waals surface area contributed by atoms with Crippen molar-refractivity contribution in [2.24, 2.45) is 0 Å². The molecular formula is C16H24N2OS. The van der Waals surface area contributed by atoms with E-state index in [4.69, 9.17) is 0 Å². The standard InChI is InChI=1S/C16H24N2OS/c1-16(2,12-17-15(19)11-20-3)18-9-8-13-6-4-5-7-14(13)10-18/h4-7H,8-12H2,1-3H3,(H,17,19). The number of benzene rings is 1. The van der Waals surface area contributed by atoms with E-state index in [0.717, 1.165) is 19.5 Å². The Labute approximate surface area is 126 Å². The van der Waals surface area contributed by atoms with E-state index in [-0.39, 0.29) is 11.4 Å². The number of nitrogens with zero attached hydrogens (tertiary/aromatic N) is 1. The number of carbonyl (C=O) groups is 1. The van der Waals surface area contributed by atoms with E-state index in [1.54, 1.807) is 11.8 Å². The van der Waals surface area contributed by atoms with E-state index in [0.29, 0.717) is 12.3 Å². The summed E-state index contributed by atoms with van der Waals surface area (Å²) in [7, 11) is 0. The number of amides is 1. The van der Waals surface area contributed by atoms with Crippen LogP contribution in [0.4, 0.5) is 0 Å². The quantitative estimate of drug-likeness (QED) is 0.904. The molecule has 1 N–H and O–H groups in total. The van der Waals surface area contributed by atoms with Crippen molar-refractivity contribution in [2.45, 2.75) is 32.4 Å². The van der Waals surface area contributed by atoms with E-state index < -0.39 is 0 Å². The van der Waals surface area contributed by atoms with Gasteiger partial charge in [0.1, 0.15) is 0 Å². The van der Waals surface area contributed by atoms with Crippen molar-refractivity contribution in [2.75, 3.05) is 25.1 Å². The van der Waals surface area contributed by atoms with Gasteiger partial charge in [-0.3, -0.25) is 9.69 Å². The first-order valence-electron chi connectivity index (χ1n) is 7.10. The highest BCUT2D eigenvalue weighted by atomic mass is 32.2. The largest absolute Gasteiger partial charge is 0.354 e. The highest BCUT2D eigenvalue weighted by Gasteiger charge is 2.29. The van der Waals surface area contributed by atoms with Gasteiger partial charge in [0, 0.05) is 25.2 Å². The zero-order valence-corrected chi connectivity index (χ0v) is 13.4. The first-order valence-corrected chi connectivity index (χ1v) is 8.50. The minimum Gasteiger partial charge on any atom is -0.354 e. The number of hydrogen-bond acceptors (Lipinski definition) is 3. The maximum atomic E-state index is 11.6. The number of rotatable bonds is 5. The topological polar surface area (TPSA) is 32.3 Å². The summed E-state index contributed by atoms with van der Waals surface area (Å²) in [6.45, 7) is 7.15. The average Bonchev–Trinajstić information content (AvgIpc) is 2.45. The van der Waals surface area contributed by atoms with Gasteiger partial charge in [-0.2, -0.15) is 11.8 Å². The summed E-state index contributed by atoms with van der Waals surface area (Å²) in [5.41, 5.74) is 2.87. The van der Waals surface area contributed by atoms with Gasteiger partial charge < -0.3 is 5.32 Å². The maximum Gasteiger partial charge on any atom is 0.230 e. The van der Waals surface area contributed by atoms with Crippen LogP contribution in [-0.4, -0.2) is 41.4 Å². The second-order valence-corrected chi connectivity index (χ2v) is 6.83. The van der Waals surface area contributed by atoms with Crippen molar-refractivity contribution >= 4 is 17.7 Å². The summed E-state index contributed by atoms with van der Waals surface area (Å²) in [6.07, 6.45) is 3.05. The third-order valence-electron chi connectivity index (χ3n) is 3.98. The molecule has 0 saturated heterocycles. The first-order chi connectivity index (χ1) is 9.53. The Kier molecular flexibility index (Phi) is 5.11. The predicted molar refractivity (Wildman–Crippen MR) is 86.0 cm³/mol. The minimum atomic E-state index is -0.0123. The predicted octanol–water partition coefficient (Wildman–Crippen LogP) is 2.30. The van der Waals surface area contributed by atoms with Crippen molar-refractivity contribution < 1.29 is 4.79 Å². The van der Waals surface area contributed by atoms with Gasteiger partial charge in [0.2, 0.25) is 5.91 Å². The van der Waals surface area contributed by atoms with Gasteiger partial charge in [0.05, 0.1) is 5.75 Å². The van der Waals surface area contributed by atoms with Gasteiger partial charge in [-0.15, -0.1) is 0 Å². The molecule has 0 bridgehead atoms. The number of hydrogen-bond donors (Lipinski definition) is 1. The molecule has 3 nitrogen and oxygen atoms in total. The molecule has 0 atom stereocenters. The Balaban J connectivity index is 1.95. The molecule has 2 rings (SSSR count). The van der Waals surface area contributed by atoms with Gasteiger partial charge >= 0.3 is 0 Å². The Morgan fingerprint density at radius 1 is 1.35 bits per heavy atom. The third-order valence-corrected chi connectivity index (χ3v) is 4.53. The molecule has 20 heavy (non-hydrogen) atoms. The summed E-state index contributed by atoms with van der Waals surface area (Å²) in [5.74, 6) is 0.668. The van der Waals surface area contributed by atoms with E-state index >= 15 is 0 Å². The molecule has 1 amide bonds. The van der Waals surface area contributed by atoms with Crippen LogP contribution in [0.2, 0.25) is 0 Å². The molecule has 1 aromatic carbocycles. The fourth-order valence-corrected chi connectivity index (χ4v) is 2.99. The van der Waals surface area contributed by atoms with Gasteiger partial charge in [-0.05, 0) is 37.7 Å². The van der Waals surface area contributed by atoms with Gasteiger partial charge in [0.15, 0.2) is 0 Å². The second kappa shape index (κ2) is 6.64. The van der Waals surface area contributed by atoms with E-state index in [9.17, 15) is 4.79 Å². The van der Waals surface area contributed by atoms with Crippen LogP contribution in [0.3, 0.4) is 0 Å². The van der Waals surface area contributed by atoms with Crippen LogP contribution < -0.4 is 5.32 Å². The molecule has 0 aromatic heterocycles. The molecule has 4 heteroatoms. The van der Waals surface area contributed by atoms with Crippen molar-refractivity contribution in [1.82, 2.24) is 10.2 Å². The molecule has 1 aliphatic rings. The minimum absolute atomic E-state index is 0.0123. The number of fused-ring (bicyclic) bond motifs is 1. The van der Waals surface area contributed by atoms with E-state index in [2.05, 4.69) is 48.3 Å². The van der Waals surface area contributed by atoms with Gasteiger partial charge in [-0.1, -0.05) is 24.3 Å². The van der Waals surface area contributed by atoms with E-state index in [1.807, 2.05) is 6.26 Å². The Bertz CT molecular complexity index is 473. The monoisotopic (exact) mass is 292 g/mol. The second-order valence-electron chi connectivity index (χ2n) is 5.96. The number of nitrogens with one attached hydrogen (secondary N) is 1. The smallest absolute Gasteiger partial charge is 0.230 e. The molecule has 110 valence electrons. The van der Waals surface area contributed by atoms with Crippen molar-refractivity contribution in [3.05, 3.63) is 35.4 Å². The number of thioether (sulfide) groups is 1. The Morgan fingerprint density at radius 2 is 2.05 bits per heavy atom. The van der Waals surface area contributed by atoms with Gasteiger partial charge in [0.25, 0.3) is 0 Å². The van der Waals surface area contributed by atoms with Crippen molar-refractivity contribution in [3.8, 4) is 0 Å². The maximum absolute atomic E-state index is 11.6. The molecule has 0 fully saturated rings. The molecule has 0 aliphatic carbocycles. The van der Waals surface area contributed by atoms with Crippen LogP contribution >= 0.6 is 11.8 Å². The van der Waals surface area contributed by atoms with Crippen LogP contribution in [0.25, 0.3) is 0 Å². The first kappa shape index (κ1) is 15.4. The average molecular weight is 292 g/mol. The molecule has 0 saturated carbocycles. The highest BCUT2D eigenvalue weighted by molar-refractivity contribution is 7.99. The Morgan fingerprint density at radius 3 is 2.75 bits per heavy atom. The van der Waals surface area contributed by atoms with Crippen LogP contribution in [0.5, 0.6) is 0 Å². The lowest BCUT2D eigenvalue weighted by Crippen LogP contribution is -2.53. The summed E-state index contributed by atoms with van der Waals surface area (Å²) >= 11 is 1.56. The van der Waals surface area contributed by atoms with Crippen LogP contribution in [0.1, 0.15) is 25.0 Å². The van der Waals surface area contributed by atoms with Crippen LogP contribution in [0, 0.1) is 0 Å². The van der Waals surface area contributed by atoms with Crippen molar-refractivity contribution in [1.29, 1.82) is 0 Å². The van der Waals surface area contributed by atoms with E-state index in [1.165, 1.54) is 11.1 Å². The van der Waals surface area contributed by atoms with Gasteiger partial charge in [-0.25, -0.2) is 0 Å². The van der Waals surface area contributed by atoms with Crippen molar-refractivity contribution in [3.63, 3.8) is 0 Å². The molecule has 0 unspecified atom stereocenters. The molecule has 1 heterocycles. The normalized spacial score (nSPS) is 15.8. The van der Waals surface area contributed by atoms with Crippen LogP contribution in [0.15, 0.2) is 24.3 Å². The lowest BCUT2D eigenvalue weighted by molar-refractivity contribution is -0.119. The highest BCUT2D eigenvalue weighted by Crippen LogP contribution is 2.24. The zero-order valence-electron chi connectivity index (χ0n) is 12.6. The summed E-state index contributed by atoms with van der Waals surface area (Å²) < 4.78 is 0. The molecule has 0 radical (unpaired) electrons. The zero-order chi connectivity index (χ0) is 14.6. The fraction of sp³-hybridized carbons (Fsp3) is 0.562. The summed E-state index contributed by atoms with van der Waals surface area (Å²) in [4.78, 5) is 14.1. The Hall–Kier alpha value is -1.00. The summed E-state index contributed by atoms with van der Waals surface area (Å²) in [6, 6.07) is 8.65. The molecule has 0 spiro atoms.